The zero-order valence-electron chi connectivity index (χ0n) is 17.4. The predicted molar refractivity (Wildman–Crippen MR) is 116 cm³/mol. The van der Waals surface area contributed by atoms with E-state index in [-0.39, 0.29) is 11.3 Å². The summed E-state index contributed by atoms with van der Waals surface area (Å²) in [5.41, 5.74) is 1.78. The molecule has 0 saturated carbocycles. The van der Waals surface area contributed by atoms with Crippen LogP contribution >= 0.6 is 0 Å². The number of para-hydroxylation sites is 1. The fraction of sp³-hybridized carbons (Fsp3) is 0.318. The van der Waals surface area contributed by atoms with Gasteiger partial charge in [-0.2, -0.15) is 4.98 Å². The van der Waals surface area contributed by atoms with Gasteiger partial charge in [0.1, 0.15) is 5.69 Å². The van der Waals surface area contributed by atoms with Crippen molar-refractivity contribution in [3.05, 3.63) is 64.0 Å². The summed E-state index contributed by atoms with van der Waals surface area (Å²) in [4.78, 5) is 30.4. The lowest BCUT2D eigenvalue weighted by Crippen LogP contribution is -2.33. The van der Waals surface area contributed by atoms with Crippen LogP contribution in [0.4, 0.5) is 17.1 Å². The summed E-state index contributed by atoms with van der Waals surface area (Å²) in [6.45, 7) is 5.41. The Morgan fingerprint density at radius 1 is 1.23 bits per heavy atom. The van der Waals surface area contributed by atoms with Crippen LogP contribution in [-0.4, -0.2) is 34.1 Å². The highest BCUT2D eigenvalue weighted by Gasteiger charge is 2.25. The molecule has 9 heteroatoms. The van der Waals surface area contributed by atoms with Gasteiger partial charge in [0, 0.05) is 37.2 Å². The summed E-state index contributed by atoms with van der Waals surface area (Å²) in [6.07, 6.45) is 1.98. The lowest BCUT2D eigenvalue weighted by atomic mass is 9.98. The van der Waals surface area contributed by atoms with Crippen LogP contribution in [0, 0.1) is 23.0 Å². The minimum Gasteiger partial charge on any atom is -0.366 e. The van der Waals surface area contributed by atoms with Crippen molar-refractivity contribution in [1.82, 2.24) is 10.1 Å². The average molecular weight is 421 g/mol. The smallest absolute Gasteiger partial charge is 0.293 e. The third-order valence-electron chi connectivity index (χ3n) is 5.50. The molecular formula is C22H23N5O4. The van der Waals surface area contributed by atoms with Gasteiger partial charge in [0.15, 0.2) is 0 Å². The topological polar surface area (TPSA) is 114 Å². The van der Waals surface area contributed by atoms with Crippen LogP contribution < -0.4 is 10.2 Å². The van der Waals surface area contributed by atoms with Crippen LogP contribution in [0.25, 0.3) is 11.4 Å². The summed E-state index contributed by atoms with van der Waals surface area (Å²) < 4.78 is 5.03. The standard InChI is InChI=1S/C22H23N5O4/c1-14-9-11-26(12-10-14)19-8-7-16(13-20(19)27(29)30)22(28)24-18-6-4-3-5-17(18)21-23-15(2)31-25-21/h3-8,13-14H,9-12H2,1-2H3,(H,24,28). The Balaban J connectivity index is 1.60. The molecule has 160 valence electrons. The van der Waals surface area contributed by atoms with Crippen LogP contribution in [0.2, 0.25) is 0 Å². The SMILES string of the molecule is Cc1nc(-c2ccccc2NC(=O)c2ccc(N3CCC(C)CC3)c([N+](=O)[O-])c2)no1. The van der Waals surface area contributed by atoms with Crippen LogP contribution in [0.3, 0.4) is 0 Å². The number of nitro groups is 1. The molecule has 31 heavy (non-hydrogen) atoms. The quantitative estimate of drug-likeness (QED) is 0.478. The molecule has 9 nitrogen and oxygen atoms in total. The minimum absolute atomic E-state index is 0.0655. The van der Waals surface area contributed by atoms with Gasteiger partial charge in [-0.3, -0.25) is 14.9 Å². The van der Waals surface area contributed by atoms with Gasteiger partial charge in [-0.1, -0.05) is 24.2 Å². The molecule has 0 atom stereocenters. The lowest BCUT2D eigenvalue weighted by molar-refractivity contribution is -0.384. The van der Waals surface area contributed by atoms with Gasteiger partial charge in [-0.05, 0) is 43.0 Å². The molecule has 1 fully saturated rings. The van der Waals surface area contributed by atoms with Crippen molar-refractivity contribution in [2.45, 2.75) is 26.7 Å². The van der Waals surface area contributed by atoms with E-state index in [1.807, 2.05) is 4.90 Å². The number of carbonyl (C=O) groups is 1. The summed E-state index contributed by atoms with van der Waals surface area (Å²) in [5.74, 6) is 0.932. The third-order valence-corrected chi connectivity index (χ3v) is 5.50. The van der Waals surface area contributed by atoms with E-state index in [4.69, 9.17) is 4.52 Å². The van der Waals surface area contributed by atoms with Crippen molar-refractivity contribution in [1.29, 1.82) is 0 Å². The van der Waals surface area contributed by atoms with Crippen molar-refractivity contribution < 1.29 is 14.2 Å². The normalized spacial score (nSPS) is 14.5. The molecule has 1 aromatic heterocycles. The summed E-state index contributed by atoms with van der Waals surface area (Å²) in [5, 5.41) is 18.4. The number of nitrogens with zero attached hydrogens (tertiary/aromatic N) is 4. The molecule has 3 aromatic rings. The monoisotopic (exact) mass is 421 g/mol. The molecule has 1 aliphatic rings. The molecule has 4 rings (SSSR count). The van der Waals surface area contributed by atoms with Crippen LogP contribution in [0.15, 0.2) is 47.0 Å². The van der Waals surface area contributed by atoms with Gasteiger partial charge in [0.25, 0.3) is 11.6 Å². The number of hydrogen-bond acceptors (Lipinski definition) is 7. The number of hydrogen-bond donors (Lipinski definition) is 1. The molecule has 1 saturated heterocycles. The summed E-state index contributed by atoms with van der Waals surface area (Å²) >= 11 is 0. The van der Waals surface area contributed by atoms with Gasteiger partial charge in [-0.25, -0.2) is 0 Å². The Kier molecular flexibility index (Phi) is 5.66. The number of nitrogens with one attached hydrogen (secondary N) is 1. The van der Waals surface area contributed by atoms with Crippen LogP contribution in [0.1, 0.15) is 36.0 Å². The number of benzene rings is 2. The predicted octanol–water partition coefficient (Wildman–Crippen LogP) is 4.44. The Bertz CT molecular complexity index is 1120. The highest BCUT2D eigenvalue weighted by molar-refractivity contribution is 6.06. The maximum absolute atomic E-state index is 12.9. The zero-order chi connectivity index (χ0) is 22.0. The highest BCUT2D eigenvalue weighted by Crippen LogP contribution is 2.33. The van der Waals surface area contributed by atoms with Gasteiger partial charge in [0.2, 0.25) is 11.7 Å². The molecule has 0 radical (unpaired) electrons. The first-order valence-electron chi connectivity index (χ1n) is 10.2. The number of amides is 1. The second-order valence-corrected chi connectivity index (χ2v) is 7.77. The average Bonchev–Trinajstić information content (AvgIpc) is 3.20. The van der Waals surface area contributed by atoms with E-state index in [2.05, 4.69) is 22.4 Å². The van der Waals surface area contributed by atoms with E-state index in [0.717, 1.165) is 25.9 Å². The van der Waals surface area contributed by atoms with E-state index in [1.54, 1.807) is 43.3 Å². The van der Waals surface area contributed by atoms with Gasteiger partial charge in [0.05, 0.1) is 10.6 Å². The number of anilines is 2. The number of nitro benzene ring substituents is 1. The minimum atomic E-state index is -0.449. The lowest BCUT2D eigenvalue weighted by Gasteiger charge is -2.31. The Morgan fingerprint density at radius 2 is 1.97 bits per heavy atom. The fourth-order valence-electron chi connectivity index (χ4n) is 3.72. The maximum atomic E-state index is 12.9. The Hall–Kier alpha value is -3.75. The number of rotatable bonds is 5. The number of aromatic nitrogens is 2. The fourth-order valence-corrected chi connectivity index (χ4v) is 3.72. The zero-order valence-corrected chi connectivity index (χ0v) is 17.4. The second-order valence-electron chi connectivity index (χ2n) is 7.77. The molecular weight excluding hydrogens is 398 g/mol. The Labute approximate surface area is 179 Å². The third kappa shape index (κ3) is 4.40. The van der Waals surface area contributed by atoms with Crippen molar-refractivity contribution in [3.63, 3.8) is 0 Å². The van der Waals surface area contributed by atoms with Crippen molar-refractivity contribution in [2.75, 3.05) is 23.3 Å². The van der Waals surface area contributed by atoms with Gasteiger partial charge >= 0.3 is 0 Å². The van der Waals surface area contributed by atoms with Crippen molar-refractivity contribution in [2.24, 2.45) is 5.92 Å². The van der Waals surface area contributed by atoms with Crippen LogP contribution in [0.5, 0.6) is 0 Å². The Morgan fingerprint density at radius 3 is 2.65 bits per heavy atom. The van der Waals surface area contributed by atoms with Gasteiger partial charge in [-0.15, -0.1) is 0 Å². The van der Waals surface area contributed by atoms with E-state index in [0.29, 0.717) is 34.6 Å². The number of carbonyl (C=O) groups excluding carboxylic acids is 1. The second kappa shape index (κ2) is 8.55. The summed E-state index contributed by atoms with van der Waals surface area (Å²) in [6, 6.07) is 11.7. The van der Waals surface area contributed by atoms with E-state index in [9.17, 15) is 14.9 Å². The van der Waals surface area contributed by atoms with E-state index >= 15 is 0 Å². The largest absolute Gasteiger partial charge is 0.366 e. The number of aryl methyl sites for hydroxylation is 1. The molecule has 1 aliphatic heterocycles. The molecule has 0 unspecified atom stereocenters. The molecule has 0 bridgehead atoms. The molecule has 0 aliphatic carbocycles. The van der Waals surface area contributed by atoms with E-state index in [1.165, 1.54) is 6.07 Å². The van der Waals surface area contributed by atoms with Crippen molar-refractivity contribution in [3.8, 4) is 11.4 Å². The first-order valence-corrected chi connectivity index (χ1v) is 10.2. The summed E-state index contributed by atoms with van der Waals surface area (Å²) in [7, 11) is 0. The first-order chi connectivity index (χ1) is 14.9. The molecule has 2 aromatic carbocycles. The van der Waals surface area contributed by atoms with Crippen LogP contribution in [-0.2, 0) is 0 Å². The maximum Gasteiger partial charge on any atom is 0.293 e. The molecule has 0 spiro atoms. The first kappa shape index (κ1) is 20.5. The molecule has 2 heterocycles. The number of piperidine rings is 1. The molecule has 1 N–H and O–H groups in total. The molecule has 1 amide bonds. The van der Waals surface area contributed by atoms with Crippen molar-refractivity contribution >= 4 is 23.0 Å². The van der Waals surface area contributed by atoms with Gasteiger partial charge < -0.3 is 14.7 Å². The van der Waals surface area contributed by atoms with E-state index < -0.39 is 10.8 Å². The highest BCUT2D eigenvalue weighted by atomic mass is 16.6.